The average Bonchev–Trinajstić information content (AvgIpc) is 2.07. The zero-order chi connectivity index (χ0) is 8.55. The van der Waals surface area contributed by atoms with Gasteiger partial charge in [0.1, 0.15) is 0 Å². The summed E-state index contributed by atoms with van der Waals surface area (Å²) in [4.78, 5) is 25.3. The molecule has 0 saturated carbocycles. The summed E-state index contributed by atoms with van der Waals surface area (Å²) in [6, 6.07) is 7.03. The van der Waals surface area contributed by atoms with Crippen LogP contribution in [0.2, 0.25) is 0 Å². The molecule has 13 heavy (non-hydrogen) atoms. The Balaban J connectivity index is 0.000000845. The third kappa shape index (κ3) is 1.94. The number of amides is 1. The van der Waals surface area contributed by atoms with Crippen LogP contribution in [-0.4, -0.2) is 41.2 Å². The van der Waals surface area contributed by atoms with E-state index in [2.05, 4.69) is 4.99 Å². The van der Waals surface area contributed by atoms with E-state index in [9.17, 15) is 9.59 Å². The summed E-state index contributed by atoms with van der Waals surface area (Å²) in [5.41, 5.74) is 0. The molecule has 2 rings (SSSR count). The van der Waals surface area contributed by atoms with Gasteiger partial charge in [-0.2, -0.15) is 0 Å². The molecule has 0 fully saturated rings. The second kappa shape index (κ2) is 3.96. The van der Waals surface area contributed by atoms with Gasteiger partial charge in [-0.05, 0) is 6.07 Å². The van der Waals surface area contributed by atoms with Crippen molar-refractivity contribution < 1.29 is 9.59 Å². The Morgan fingerprint density at radius 1 is 1.08 bits per heavy atom. The summed E-state index contributed by atoms with van der Waals surface area (Å²) in [5.74, 6) is -1.23. The van der Waals surface area contributed by atoms with Gasteiger partial charge in [0.2, 0.25) is 5.78 Å². The normalized spacial score (nSPS) is 13.5. The minimum Gasteiger partial charge on any atom is -0.284 e. The van der Waals surface area contributed by atoms with E-state index in [1.165, 1.54) is 6.08 Å². The number of para-hydroxylation sites is 1. The van der Waals surface area contributed by atoms with Gasteiger partial charge in [-0.25, -0.2) is 4.99 Å². The number of benzene rings is 1. The molecule has 1 aromatic rings. The Morgan fingerprint density at radius 3 is 2.54 bits per heavy atom. The number of fused-ring (bicyclic) bond motifs is 1. The first-order valence-electron chi connectivity index (χ1n) is 3.51. The maximum absolute atomic E-state index is 10.9. The van der Waals surface area contributed by atoms with Crippen LogP contribution in [-0.2, 0) is 9.59 Å². The topological polar surface area (TPSA) is 46.5 Å². The Kier molecular flexibility index (Phi) is 3.14. The van der Waals surface area contributed by atoms with Crippen molar-refractivity contribution in [1.82, 2.24) is 0 Å². The van der Waals surface area contributed by atoms with E-state index in [0.29, 0.717) is 10.6 Å². The predicted octanol–water partition coefficient (Wildman–Crippen LogP) is -1.18. The molecule has 59 valence electrons. The predicted molar refractivity (Wildman–Crippen MR) is 47.5 cm³/mol. The van der Waals surface area contributed by atoms with Gasteiger partial charge in [0.15, 0.2) is 0 Å². The van der Waals surface area contributed by atoms with Gasteiger partial charge >= 0.3 is 5.91 Å². The van der Waals surface area contributed by atoms with Gasteiger partial charge in [-0.3, -0.25) is 9.59 Å². The molecular formula is C9H5NNaO2. The third-order valence-electron chi connectivity index (χ3n) is 1.66. The number of rotatable bonds is 0. The number of hydrogen-bond donors (Lipinski definition) is 0. The second-order valence-electron chi connectivity index (χ2n) is 2.48. The Morgan fingerprint density at radius 2 is 1.77 bits per heavy atom. The molecule has 0 unspecified atom stereocenters. The van der Waals surface area contributed by atoms with Crippen LogP contribution in [0.1, 0.15) is 0 Å². The summed E-state index contributed by atoms with van der Waals surface area (Å²) >= 11 is 0. The van der Waals surface area contributed by atoms with Crippen LogP contribution < -0.4 is 10.6 Å². The van der Waals surface area contributed by atoms with Crippen LogP contribution in [0.25, 0.3) is 6.08 Å². The van der Waals surface area contributed by atoms with Gasteiger partial charge in [0.25, 0.3) is 0 Å². The molecule has 1 heterocycles. The van der Waals surface area contributed by atoms with E-state index in [4.69, 9.17) is 0 Å². The molecule has 1 amide bonds. The first-order valence-corrected chi connectivity index (χ1v) is 3.51. The first-order chi connectivity index (χ1) is 5.77. The van der Waals surface area contributed by atoms with Crippen molar-refractivity contribution in [3.63, 3.8) is 0 Å². The summed E-state index contributed by atoms with van der Waals surface area (Å²) < 4.78 is 0. The fourth-order valence-corrected chi connectivity index (χ4v) is 1.08. The second-order valence-corrected chi connectivity index (χ2v) is 2.48. The smallest absolute Gasteiger partial charge is 0.284 e. The van der Waals surface area contributed by atoms with Gasteiger partial charge in [0, 0.05) is 40.9 Å². The summed E-state index contributed by atoms with van der Waals surface area (Å²) in [7, 11) is 0. The van der Waals surface area contributed by atoms with E-state index in [0.717, 1.165) is 0 Å². The van der Waals surface area contributed by atoms with Crippen LogP contribution in [0, 0.1) is 0 Å². The van der Waals surface area contributed by atoms with Crippen molar-refractivity contribution in [2.24, 2.45) is 4.99 Å². The van der Waals surface area contributed by atoms with E-state index in [1.807, 2.05) is 0 Å². The zero-order valence-corrected chi connectivity index (χ0v) is 9.15. The van der Waals surface area contributed by atoms with E-state index in [-0.39, 0.29) is 29.6 Å². The van der Waals surface area contributed by atoms with Crippen molar-refractivity contribution >= 4 is 47.3 Å². The summed E-state index contributed by atoms with van der Waals surface area (Å²) in [6.45, 7) is 0. The molecule has 0 spiro atoms. The number of ketones is 1. The van der Waals surface area contributed by atoms with Crippen LogP contribution in [0.15, 0.2) is 29.3 Å². The molecular weight excluding hydrogens is 177 g/mol. The summed E-state index contributed by atoms with van der Waals surface area (Å²) in [6.07, 6.45) is 1.31. The Labute approximate surface area is 96.5 Å². The van der Waals surface area contributed by atoms with Crippen molar-refractivity contribution in [1.29, 1.82) is 0 Å². The van der Waals surface area contributed by atoms with Gasteiger partial charge in [-0.1, -0.05) is 18.2 Å². The number of carbonyl (C=O) groups excluding carboxylic acids is 2. The van der Waals surface area contributed by atoms with Gasteiger partial charge in [0.05, 0.1) is 5.36 Å². The first kappa shape index (κ1) is 10.3. The van der Waals surface area contributed by atoms with Gasteiger partial charge in [-0.15, -0.1) is 0 Å². The molecule has 0 aliphatic carbocycles. The quantitative estimate of drug-likeness (QED) is 0.374. The standard InChI is InChI=1S/C9H5NO2.Na/c11-8-5-6-3-1-2-4-7(6)10-9(8)12;/h1-5H;. The van der Waals surface area contributed by atoms with Crippen molar-refractivity contribution in [3.8, 4) is 0 Å². The summed E-state index contributed by atoms with van der Waals surface area (Å²) in [5, 5.41) is 1.28. The molecule has 1 aliphatic rings. The number of Topliss-reactive ketones (excluding diaryl/α,β-unsaturated/α-hetero) is 1. The van der Waals surface area contributed by atoms with Gasteiger partial charge < -0.3 is 0 Å². The number of hydrogen-bond acceptors (Lipinski definition) is 2. The fraction of sp³-hybridized carbons (Fsp3) is 0. The van der Waals surface area contributed by atoms with Crippen molar-refractivity contribution in [2.75, 3.05) is 0 Å². The monoisotopic (exact) mass is 182 g/mol. The van der Waals surface area contributed by atoms with Crippen molar-refractivity contribution in [3.05, 3.63) is 34.8 Å². The van der Waals surface area contributed by atoms with Crippen LogP contribution >= 0.6 is 0 Å². The molecule has 3 nitrogen and oxygen atoms in total. The van der Waals surface area contributed by atoms with E-state index < -0.39 is 11.7 Å². The van der Waals surface area contributed by atoms with E-state index in [1.54, 1.807) is 24.3 Å². The molecule has 0 saturated heterocycles. The molecule has 4 heteroatoms. The molecule has 0 N–H and O–H groups in total. The minimum atomic E-state index is -0.686. The number of carbonyl (C=O) groups is 2. The maximum Gasteiger partial charge on any atom is 0.317 e. The largest absolute Gasteiger partial charge is 0.317 e. The SMILES string of the molecule is O=C1C=c2ccccc2=NC1=O.[Na]. The molecule has 1 radical (unpaired) electrons. The molecule has 0 atom stereocenters. The van der Waals surface area contributed by atoms with Crippen molar-refractivity contribution in [2.45, 2.75) is 0 Å². The molecule has 0 bridgehead atoms. The zero-order valence-electron chi connectivity index (χ0n) is 7.15. The average molecular weight is 182 g/mol. The fourth-order valence-electron chi connectivity index (χ4n) is 1.08. The minimum absolute atomic E-state index is 0. The van der Waals surface area contributed by atoms with E-state index >= 15 is 0 Å². The Hall–Kier alpha value is -0.770. The maximum atomic E-state index is 10.9. The number of nitrogens with zero attached hydrogens (tertiary/aromatic N) is 1. The molecule has 0 aromatic heterocycles. The molecule has 1 aliphatic heterocycles. The van der Waals surface area contributed by atoms with Crippen LogP contribution in [0.3, 0.4) is 0 Å². The van der Waals surface area contributed by atoms with Crippen LogP contribution in [0.5, 0.6) is 0 Å². The Bertz CT molecular complexity index is 434. The third-order valence-corrected chi connectivity index (χ3v) is 1.66. The molecule has 1 aromatic carbocycles. The van der Waals surface area contributed by atoms with Crippen LogP contribution in [0.4, 0.5) is 0 Å².